The van der Waals surface area contributed by atoms with Gasteiger partial charge in [-0.1, -0.05) is 13.8 Å². The minimum Gasteiger partial charge on any atom is -0.496 e. The minimum atomic E-state index is -0.0899. The Hall–Kier alpha value is -1.88. The first-order valence-corrected chi connectivity index (χ1v) is 7.96. The van der Waals surface area contributed by atoms with E-state index in [4.69, 9.17) is 9.47 Å². The van der Waals surface area contributed by atoms with Crippen LogP contribution in [0.3, 0.4) is 0 Å². The lowest BCUT2D eigenvalue weighted by molar-refractivity contribution is -0.120. The maximum atomic E-state index is 12.0. The molecular weight excluding hydrogens is 294 g/mol. The van der Waals surface area contributed by atoms with Crippen LogP contribution in [0, 0.1) is 5.92 Å². The first-order chi connectivity index (χ1) is 10.9. The van der Waals surface area contributed by atoms with Gasteiger partial charge in [0, 0.05) is 30.9 Å². The zero-order valence-corrected chi connectivity index (χ0v) is 14.5. The largest absolute Gasteiger partial charge is 0.496 e. The molecule has 1 aromatic carbocycles. The highest BCUT2D eigenvalue weighted by Crippen LogP contribution is 2.20. The number of rotatable bonds is 10. The normalized spacial score (nSPS) is 10.7. The van der Waals surface area contributed by atoms with Gasteiger partial charge < -0.3 is 14.8 Å². The van der Waals surface area contributed by atoms with Gasteiger partial charge >= 0.3 is 0 Å². The molecule has 0 unspecified atom stereocenters. The number of ether oxygens (including phenoxy) is 2. The first kappa shape index (κ1) is 19.2. The highest BCUT2D eigenvalue weighted by atomic mass is 16.5. The third kappa shape index (κ3) is 7.28. The predicted molar refractivity (Wildman–Crippen MR) is 90.0 cm³/mol. The number of amides is 1. The zero-order chi connectivity index (χ0) is 17.2. The number of Topliss-reactive ketones (excluding diaryl/α,β-unsaturated/α-hetero) is 1. The van der Waals surface area contributed by atoms with Crippen LogP contribution < -0.4 is 10.1 Å². The monoisotopic (exact) mass is 321 g/mol. The molecule has 1 N–H and O–H groups in total. The molecule has 0 bridgehead atoms. The molecular formula is C18H27NO4. The molecule has 1 aromatic rings. The first-order valence-electron chi connectivity index (χ1n) is 7.96. The van der Waals surface area contributed by atoms with Crippen LogP contribution >= 0.6 is 0 Å². The van der Waals surface area contributed by atoms with E-state index in [-0.39, 0.29) is 18.1 Å². The van der Waals surface area contributed by atoms with Gasteiger partial charge in [0.15, 0.2) is 5.78 Å². The molecule has 0 aliphatic rings. The SMILES string of the molecule is COc1ccc(C(C)=O)cc1CC(=O)NCCCOCC(C)C. The molecule has 23 heavy (non-hydrogen) atoms. The lowest BCUT2D eigenvalue weighted by atomic mass is 10.0. The molecule has 0 aromatic heterocycles. The van der Waals surface area contributed by atoms with Crippen molar-refractivity contribution in [2.24, 2.45) is 5.92 Å². The number of carbonyl (C=O) groups is 2. The van der Waals surface area contributed by atoms with E-state index in [2.05, 4.69) is 19.2 Å². The Labute approximate surface area is 138 Å². The predicted octanol–water partition coefficient (Wildman–Crippen LogP) is 2.62. The van der Waals surface area contributed by atoms with Crippen molar-refractivity contribution in [3.63, 3.8) is 0 Å². The van der Waals surface area contributed by atoms with E-state index in [0.717, 1.165) is 13.0 Å². The average molecular weight is 321 g/mol. The summed E-state index contributed by atoms with van der Waals surface area (Å²) in [6, 6.07) is 5.14. The summed E-state index contributed by atoms with van der Waals surface area (Å²) in [6.45, 7) is 7.66. The van der Waals surface area contributed by atoms with Crippen LogP contribution in [0.2, 0.25) is 0 Å². The van der Waals surface area contributed by atoms with Crippen molar-refractivity contribution in [3.8, 4) is 5.75 Å². The van der Waals surface area contributed by atoms with Gasteiger partial charge in [0.1, 0.15) is 5.75 Å². The number of ketones is 1. The van der Waals surface area contributed by atoms with Crippen molar-refractivity contribution >= 4 is 11.7 Å². The van der Waals surface area contributed by atoms with E-state index in [1.54, 1.807) is 25.3 Å². The summed E-state index contributed by atoms with van der Waals surface area (Å²) in [5, 5.41) is 2.86. The minimum absolute atomic E-state index is 0.0309. The van der Waals surface area contributed by atoms with Crippen LogP contribution in [0.25, 0.3) is 0 Å². The van der Waals surface area contributed by atoms with Crippen LogP contribution in [-0.4, -0.2) is 38.6 Å². The number of hydrogen-bond acceptors (Lipinski definition) is 4. The Morgan fingerprint density at radius 2 is 2.00 bits per heavy atom. The van der Waals surface area contributed by atoms with Gasteiger partial charge in [-0.25, -0.2) is 0 Å². The number of benzene rings is 1. The molecule has 1 amide bonds. The zero-order valence-electron chi connectivity index (χ0n) is 14.5. The third-order valence-corrected chi connectivity index (χ3v) is 3.28. The summed E-state index contributed by atoms with van der Waals surface area (Å²) < 4.78 is 10.7. The molecule has 0 saturated carbocycles. The quantitative estimate of drug-likeness (QED) is 0.531. The van der Waals surface area contributed by atoms with Crippen molar-refractivity contribution < 1.29 is 19.1 Å². The summed E-state index contributed by atoms with van der Waals surface area (Å²) in [7, 11) is 1.55. The number of hydrogen-bond donors (Lipinski definition) is 1. The topological polar surface area (TPSA) is 64.6 Å². The molecule has 0 aliphatic heterocycles. The van der Waals surface area contributed by atoms with E-state index in [1.165, 1.54) is 6.92 Å². The summed E-state index contributed by atoms with van der Waals surface area (Å²) in [5.41, 5.74) is 1.30. The van der Waals surface area contributed by atoms with Gasteiger partial charge in [0.2, 0.25) is 5.91 Å². The van der Waals surface area contributed by atoms with E-state index in [9.17, 15) is 9.59 Å². The second-order valence-electron chi connectivity index (χ2n) is 5.93. The lowest BCUT2D eigenvalue weighted by Gasteiger charge is -2.11. The van der Waals surface area contributed by atoms with Crippen molar-refractivity contribution in [3.05, 3.63) is 29.3 Å². The molecule has 0 atom stereocenters. The second kappa shape index (κ2) is 10.0. The Balaban J connectivity index is 2.44. The number of nitrogens with one attached hydrogen (secondary N) is 1. The lowest BCUT2D eigenvalue weighted by Crippen LogP contribution is -2.27. The maximum Gasteiger partial charge on any atom is 0.224 e. The Morgan fingerprint density at radius 3 is 2.61 bits per heavy atom. The maximum absolute atomic E-state index is 12.0. The van der Waals surface area contributed by atoms with E-state index >= 15 is 0 Å². The summed E-state index contributed by atoms with van der Waals surface area (Å²) in [4.78, 5) is 23.5. The van der Waals surface area contributed by atoms with Crippen molar-refractivity contribution in [1.82, 2.24) is 5.32 Å². The molecule has 5 nitrogen and oxygen atoms in total. The van der Waals surface area contributed by atoms with E-state index < -0.39 is 0 Å². The molecule has 1 rings (SSSR count). The standard InChI is InChI=1S/C18H27NO4/c1-13(2)12-23-9-5-8-19-18(21)11-16-10-15(14(3)20)6-7-17(16)22-4/h6-7,10,13H,5,8-9,11-12H2,1-4H3,(H,19,21). The van der Waals surface area contributed by atoms with Crippen LogP contribution in [0.5, 0.6) is 5.75 Å². The van der Waals surface area contributed by atoms with Crippen LogP contribution in [0.15, 0.2) is 18.2 Å². The molecule has 5 heteroatoms. The molecule has 0 heterocycles. The van der Waals surface area contributed by atoms with Crippen molar-refractivity contribution in [1.29, 1.82) is 0 Å². The van der Waals surface area contributed by atoms with Gasteiger partial charge in [-0.15, -0.1) is 0 Å². The van der Waals surface area contributed by atoms with Gasteiger partial charge in [0.25, 0.3) is 0 Å². The van der Waals surface area contributed by atoms with Gasteiger partial charge in [-0.3, -0.25) is 9.59 Å². The Morgan fingerprint density at radius 1 is 1.26 bits per heavy atom. The highest BCUT2D eigenvalue weighted by molar-refractivity contribution is 5.94. The molecule has 128 valence electrons. The average Bonchev–Trinajstić information content (AvgIpc) is 2.50. The van der Waals surface area contributed by atoms with E-state index in [1.807, 2.05) is 0 Å². The number of carbonyl (C=O) groups excluding carboxylic acids is 2. The fraction of sp³-hybridized carbons (Fsp3) is 0.556. The Bertz CT molecular complexity index is 526. The fourth-order valence-corrected chi connectivity index (χ4v) is 2.09. The molecule has 0 saturated heterocycles. The molecule has 0 fully saturated rings. The third-order valence-electron chi connectivity index (χ3n) is 3.28. The highest BCUT2D eigenvalue weighted by Gasteiger charge is 2.11. The van der Waals surface area contributed by atoms with Gasteiger partial charge in [-0.05, 0) is 37.5 Å². The summed E-state index contributed by atoms with van der Waals surface area (Å²) in [6.07, 6.45) is 0.972. The van der Waals surface area contributed by atoms with Crippen LogP contribution in [-0.2, 0) is 16.0 Å². The molecule has 0 radical (unpaired) electrons. The Kier molecular flexibility index (Phi) is 8.33. The van der Waals surface area contributed by atoms with Crippen molar-refractivity contribution in [2.75, 3.05) is 26.9 Å². The van der Waals surface area contributed by atoms with Crippen LogP contribution in [0.1, 0.15) is 43.1 Å². The van der Waals surface area contributed by atoms with Gasteiger partial charge in [0.05, 0.1) is 13.5 Å². The van der Waals surface area contributed by atoms with E-state index in [0.29, 0.717) is 35.9 Å². The summed E-state index contributed by atoms with van der Waals surface area (Å²) >= 11 is 0. The van der Waals surface area contributed by atoms with Gasteiger partial charge in [-0.2, -0.15) is 0 Å². The number of methoxy groups -OCH3 is 1. The molecule has 0 aliphatic carbocycles. The molecule has 0 spiro atoms. The van der Waals surface area contributed by atoms with Crippen molar-refractivity contribution in [2.45, 2.75) is 33.6 Å². The van der Waals surface area contributed by atoms with Crippen LogP contribution in [0.4, 0.5) is 0 Å². The fourth-order valence-electron chi connectivity index (χ4n) is 2.09. The summed E-state index contributed by atoms with van der Waals surface area (Å²) in [5.74, 6) is 1.01. The smallest absolute Gasteiger partial charge is 0.224 e. The second-order valence-corrected chi connectivity index (χ2v) is 5.93.